The van der Waals surface area contributed by atoms with Gasteiger partial charge in [-0.2, -0.15) is 5.10 Å². The summed E-state index contributed by atoms with van der Waals surface area (Å²) in [6.07, 6.45) is 2.88. The molecule has 2 aromatic rings. The van der Waals surface area contributed by atoms with Gasteiger partial charge in [0, 0.05) is 23.5 Å². The van der Waals surface area contributed by atoms with Crippen LogP contribution in [-0.4, -0.2) is 15.6 Å². The Morgan fingerprint density at radius 3 is 2.82 bits per heavy atom. The molecular formula is C13H16N2OS. The van der Waals surface area contributed by atoms with Crippen LogP contribution in [0.4, 0.5) is 0 Å². The second-order valence-corrected chi connectivity index (χ2v) is 5.38. The van der Waals surface area contributed by atoms with Crippen molar-refractivity contribution in [2.24, 2.45) is 0 Å². The predicted octanol–water partition coefficient (Wildman–Crippen LogP) is 2.88. The van der Waals surface area contributed by atoms with Crippen LogP contribution in [0.1, 0.15) is 30.5 Å². The zero-order valence-electron chi connectivity index (χ0n) is 10.1. The molecule has 0 fully saturated rings. The number of thiophene rings is 1. The molecule has 0 atom stereocenters. The zero-order chi connectivity index (χ0) is 12.3. The van der Waals surface area contributed by atoms with Crippen molar-refractivity contribution in [1.29, 1.82) is 0 Å². The standard InChI is InChI=1S/C13H16N2OS/c1-10(2)15-6-5-11(14-15)8-12(16)9-13-4-3-7-17-13/h3-7,10H,8-9H2,1-2H3. The molecule has 2 aromatic heterocycles. The Morgan fingerprint density at radius 1 is 1.41 bits per heavy atom. The van der Waals surface area contributed by atoms with Gasteiger partial charge < -0.3 is 0 Å². The van der Waals surface area contributed by atoms with Crippen LogP contribution in [0.25, 0.3) is 0 Å². The van der Waals surface area contributed by atoms with E-state index in [0.717, 1.165) is 10.6 Å². The molecule has 0 bridgehead atoms. The van der Waals surface area contributed by atoms with Gasteiger partial charge >= 0.3 is 0 Å². The van der Waals surface area contributed by atoms with Crippen LogP contribution in [0.3, 0.4) is 0 Å². The number of hydrogen-bond donors (Lipinski definition) is 0. The summed E-state index contributed by atoms with van der Waals surface area (Å²) in [7, 11) is 0. The Balaban J connectivity index is 1.93. The van der Waals surface area contributed by atoms with E-state index < -0.39 is 0 Å². The van der Waals surface area contributed by atoms with E-state index in [0.29, 0.717) is 18.9 Å². The fourth-order valence-corrected chi connectivity index (χ4v) is 2.36. The SMILES string of the molecule is CC(C)n1ccc(CC(=O)Cc2cccs2)n1. The highest BCUT2D eigenvalue weighted by atomic mass is 32.1. The molecule has 0 N–H and O–H groups in total. The molecule has 0 aliphatic carbocycles. The summed E-state index contributed by atoms with van der Waals surface area (Å²) in [6.45, 7) is 4.15. The quantitative estimate of drug-likeness (QED) is 0.815. The van der Waals surface area contributed by atoms with Crippen LogP contribution in [0.15, 0.2) is 29.8 Å². The molecule has 2 heterocycles. The number of Topliss-reactive ketones (excluding diaryl/α,β-unsaturated/α-hetero) is 1. The second kappa shape index (κ2) is 5.27. The Labute approximate surface area is 105 Å². The maximum absolute atomic E-state index is 11.8. The number of ketones is 1. The summed E-state index contributed by atoms with van der Waals surface area (Å²) in [6, 6.07) is 6.23. The van der Waals surface area contributed by atoms with Crippen molar-refractivity contribution in [3.8, 4) is 0 Å². The Bertz CT molecular complexity index is 485. The molecule has 0 spiro atoms. The second-order valence-electron chi connectivity index (χ2n) is 4.35. The van der Waals surface area contributed by atoms with Crippen LogP contribution in [0.2, 0.25) is 0 Å². The highest BCUT2D eigenvalue weighted by Gasteiger charge is 2.09. The van der Waals surface area contributed by atoms with Gasteiger partial charge in [-0.1, -0.05) is 6.07 Å². The highest BCUT2D eigenvalue weighted by Crippen LogP contribution is 2.11. The molecule has 3 nitrogen and oxygen atoms in total. The average Bonchev–Trinajstić information content (AvgIpc) is 2.88. The van der Waals surface area contributed by atoms with Crippen molar-refractivity contribution in [2.45, 2.75) is 32.7 Å². The molecule has 90 valence electrons. The number of carbonyl (C=O) groups excluding carboxylic acids is 1. The van der Waals surface area contributed by atoms with Crippen molar-refractivity contribution in [3.05, 3.63) is 40.3 Å². The number of carbonyl (C=O) groups is 1. The molecule has 17 heavy (non-hydrogen) atoms. The van der Waals surface area contributed by atoms with Gasteiger partial charge in [0.05, 0.1) is 12.1 Å². The van der Waals surface area contributed by atoms with Gasteiger partial charge in [-0.3, -0.25) is 9.48 Å². The third-order valence-corrected chi connectivity index (χ3v) is 3.40. The minimum atomic E-state index is 0.224. The van der Waals surface area contributed by atoms with Gasteiger partial charge in [0.25, 0.3) is 0 Å². The molecule has 0 saturated carbocycles. The van der Waals surface area contributed by atoms with Crippen LogP contribution in [0.5, 0.6) is 0 Å². The molecular weight excluding hydrogens is 232 g/mol. The Morgan fingerprint density at radius 2 is 2.24 bits per heavy atom. The van der Waals surface area contributed by atoms with Crippen molar-refractivity contribution in [1.82, 2.24) is 9.78 Å². The van der Waals surface area contributed by atoms with Crippen molar-refractivity contribution in [2.75, 3.05) is 0 Å². The monoisotopic (exact) mass is 248 g/mol. The van der Waals surface area contributed by atoms with Crippen molar-refractivity contribution < 1.29 is 4.79 Å². The minimum absolute atomic E-state index is 0.224. The summed E-state index contributed by atoms with van der Waals surface area (Å²) >= 11 is 1.63. The van der Waals surface area contributed by atoms with E-state index in [1.807, 2.05) is 34.5 Å². The number of aromatic nitrogens is 2. The molecule has 0 unspecified atom stereocenters. The first-order valence-electron chi connectivity index (χ1n) is 5.73. The van der Waals surface area contributed by atoms with E-state index in [9.17, 15) is 4.79 Å². The van der Waals surface area contributed by atoms with Crippen LogP contribution >= 0.6 is 11.3 Å². The Hall–Kier alpha value is -1.42. The number of rotatable bonds is 5. The van der Waals surface area contributed by atoms with Gasteiger partial charge in [-0.05, 0) is 31.4 Å². The summed E-state index contributed by atoms with van der Waals surface area (Å²) in [5, 5.41) is 6.37. The lowest BCUT2D eigenvalue weighted by molar-refractivity contribution is -0.117. The fourth-order valence-electron chi connectivity index (χ4n) is 1.63. The summed E-state index contributed by atoms with van der Waals surface area (Å²) in [4.78, 5) is 12.9. The highest BCUT2D eigenvalue weighted by molar-refractivity contribution is 7.10. The lowest BCUT2D eigenvalue weighted by atomic mass is 10.1. The largest absolute Gasteiger partial charge is 0.299 e. The van der Waals surface area contributed by atoms with Crippen molar-refractivity contribution in [3.63, 3.8) is 0 Å². The van der Waals surface area contributed by atoms with Gasteiger partial charge in [0.15, 0.2) is 0 Å². The van der Waals surface area contributed by atoms with E-state index in [-0.39, 0.29) is 5.78 Å². The topological polar surface area (TPSA) is 34.9 Å². The van der Waals surface area contributed by atoms with Gasteiger partial charge in [0.1, 0.15) is 5.78 Å². The predicted molar refractivity (Wildman–Crippen MR) is 69.3 cm³/mol. The molecule has 0 radical (unpaired) electrons. The van der Waals surface area contributed by atoms with Crippen LogP contribution < -0.4 is 0 Å². The average molecular weight is 248 g/mol. The molecule has 2 rings (SSSR count). The first-order valence-corrected chi connectivity index (χ1v) is 6.61. The zero-order valence-corrected chi connectivity index (χ0v) is 10.9. The molecule has 4 heteroatoms. The fraction of sp³-hybridized carbons (Fsp3) is 0.385. The number of nitrogens with zero attached hydrogens (tertiary/aromatic N) is 2. The van der Waals surface area contributed by atoms with E-state index in [1.54, 1.807) is 11.3 Å². The lowest BCUT2D eigenvalue weighted by Gasteiger charge is -2.03. The van der Waals surface area contributed by atoms with Crippen molar-refractivity contribution >= 4 is 17.1 Å². The third-order valence-electron chi connectivity index (χ3n) is 2.52. The molecule has 0 aliphatic heterocycles. The summed E-state index contributed by atoms with van der Waals surface area (Å²) < 4.78 is 1.88. The van der Waals surface area contributed by atoms with Crippen LogP contribution in [0, 0.1) is 0 Å². The minimum Gasteiger partial charge on any atom is -0.299 e. The van der Waals surface area contributed by atoms with Crippen LogP contribution in [-0.2, 0) is 17.6 Å². The maximum Gasteiger partial charge on any atom is 0.144 e. The summed E-state index contributed by atoms with van der Waals surface area (Å²) in [5.74, 6) is 0.224. The van der Waals surface area contributed by atoms with E-state index in [1.165, 1.54) is 0 Å². The van der Waals surface area contributed by atoms with E-state index in [2.05, 4.69) is 18.9 Å². The molecule has 0 aliphatic rings. The molecule has 0 amide bonds. The summed E-state index contributed by atoms with van der Waals surface area (Å²) in [5.41, 5.74) is 0.861. The number of hydrogen-bond acceptors (Lipinski definition) is 3. The first-order chi connectivity index (χ1) is 8.15. The first kappa shape index (κ1) is 12.0. The molecule has 0 aromatic carbocycles. The lowest BCUT2D eigenvalue weighted by Crippen LogP contribution is -2.07. The van der Waals surface area contributed by atoms with Gasteiger partial charge in [0.2, 0.25) is 0 Å². The third kappa shape index (κ3) is 3.27. The van der Waals surface area contributed by atoms with Gasteiger partial charge in [-0.15, -0.1) is 11.3 Å². The normalized spacial score (nSPS) is 11.0. The molecule has 0 saturated heterocycles. The van der Waals surface area contributed by atoms with Gasteiger partial charge in [-0.25, -0.2) is 0 Å². The van der Waals surface area contributed by atoms with E-state index in [4.69, 9.17) is 0 Å². The Kier molecular flexibility index (Phi) is 3.74. The maximum atomic E-state index is 11.8. The smallest absolute Gasteiger partial charge is 0.144 e. The van der Waals surface area contributed by atoms with E-state index >= 15 is 0 Å².